The Morgan fingerprint density at radius 1 is 1.00 bits per heavy atom. The first-order valence-corrected chi connectivity index (χ1v) is 8.92. The number of anilines is 2. The van der Waals surface area contributed by atoms with Gasteiger partial charge < -0.3 is 15.4 Å². The zero-order valence-corrected chi connectivity index (χ0v) is 15.5. The van der Waals surface area contributed by atoms with E-state index in [0.29, 0.717) is 41.6 Å². The molecule has 2 aromatic rings. The number of carbonyl (C=O) groups is 2. The summed E-state index contributed by atoms with van der Waals surface area (Å²) < 4.78 is 5.70. The number of rotatable bonds is 8. The van der Waals surface area contributed by atoms with Gasteiger partial charge in [-0.05, 0) is 54.8 Å². The molecule has 2 amide bonds. The van der Waals surface area contributed by atoms with Crippen molar-refractivity contribution in [2.24, 2.45) is 5.92 Å². The Morgan fingerprint density at radius 3 is 2.27 bits per heavy atom. The number of amides is 2. The number of hydrogen-bond donors (Lipinski definition) is 2. The minimum absolute atomic E-state index is 0.0453. The topological polar surface area (TPSA) is 67.4 Å². The molecule has 0 saturated heterocycles. The molecule has 138 valence electrons. The van der Waals surface area contributed by atoms with E-state index in [1.54, 1.807) is 43.3 Å². The van der Waals surface area contributed by atoms with Crippen molar-refractivity contribution in [2.45, 2.75) is 33.6 Å². The van der Waals surface area contributed by atoms with Crippen molar-refractivity contribution in [3.05, 3.63) is 54.1 Å². The predicted molar refractivity (Wildman–Crippen MR) is 105 cm³/mol. The molecule has 0 spiro atoms. The molecule has 0 aliphatic heterocycles. The van der Waals surface area contributed by atoms with E-state index in [1.807, 2.05) is 12.1 Å². The van der Waals surface area contributed by atoms with Crippen molar-refractivity contribution in [1.29, 1.82) is 0 Å². The maximum absolute atomic E-state index is 12.4. The van der Waals surface area contributed by atoms with E-state index in [-0.39, 0.29) is 11.8 Å². The van der Waals surface area contributed by atoms with Gasteiger partial charge in [0.25, 0.3) is 5.91 Å². The molecule has 0 fully saturated rings. The normalized spacial score (nSPS) is 10.5. The molecule has 0 aliphatic rings. The molecule has 26 heavy (non-hydrogen) atoms. The van der Waals surface area contributed by atoms with Gasteiger partial charge in [0.2, 0.25) is 5.91 Å². The second-order valence-electron chi connectivity index (χ2n) is 6.49. The molecular formula is C21H26N2O3. The van der Waals surface area contributed by atoms with Gasteiger partial charge in [-0.3, -0.25) is 9.59 Å². The minimum Gasteiger partial charge on any atom is -0.494 e. The summed E-state index contributed by atoms with van der Waals surface area (Å²) in [6.07, 6.45) is 1.39. The van der Waals surface area contributed by atoms with Crippen molar-refractivity contribution < 1.29 is 14.3 Å². The molecule has 2 rings (SSSR count). The number of benzene rings is 2. The van der Waals surface area contributed by atoms with E-state index in [0.717, 1.165) is 6.42 Å². The van der Waals surface area contributed by atoms with E-state index < -0.39 is 0 Å². The summed E-state index contributed by atoms with van der Waals surface area (Å²) >= 11 is 0. The maximum Gasteiger partial charge on any atom is 0.255 e. The zero-order valence-electron chi connectivity index (χ0n) is 15.5. The maximum atomic E-state index is 12.4. The molecule has 0 aromatic heterocycles. The van der Waals surface area contributed by atoms with E-state index >= 15 is 0 Å². The monoisotopic (exact) mass is 354 g/mol. The number of hydrogen-bond acceptors (Lipinski definition) is 3. The van der Waals surface area contributed by atoms with Crippen LogP contribution in [0.4, 0.5) is 11.4 Å². The molecule has 5 heteroatoms. The number of nitrogens with one attached hydrogen (secondary N) is 2. The van der Waals surface area contributed by atoms with Gasteiger partial charge in [-0.15, -0.1) is 0 Å². The predicted octanol–water partition coefficient (Wildman–Crippen LogP) is 4.71. The van der Waals surface area contributed by atoms with E-state index in [9.17, 15) is 9.59 Å². The summed E-state index contributed by atoms with van der Waals surface area (Å²) in [5.74, 6) is 1.02. The Balaban J connectivity index is 1.95. The van der Waals surface area contributed by atoms with Crippen LogP contribution in [0.3, 0.4) is 0 Å². The van der Waals surface area contributed by atoms with Crippen LogP contribution in [-0.4, -0.2) is 18.4 Å². The van der Waals surface area contributed by atoms with Crippen molar-refractivity contribution in [3.8, 4) is 5.75 Å². The quantitative estimate of drug-likeness (QED) is 0.721. The molecule has 0 atom stereocenters. The lowest BCUT2D eigenvalue weighted by atomic mass is 10.1. The summed E-state index contributed by atoms with van der Waals surface area (Å²) in [4.78, 5) is 23.8. The third kappa shape index (κ3) is 6.24. The van der Waals surface area contributed by atoms with Crippen LogP contribution in [0.2, 0.25) is 0 Å². The third-order valence-corrected chi connectivity index (χ3v) is 3.81. The Kier molecular flexibility index (Phi) is 7.21. The molecule has 2 aromatic carbocycles. The van der Waals surface area contributed by atoms with Crippen LogP contribution in [-0.2, 0) is 4.79 Å². The average molecular weight is 354 g/mol. The van der Waals surface area contributed by atoms with E-state index in [4.69, 9.17) is 4.74 Å². The first-order chi connectivity index (χ1) is 12.5. The van der Waals surface area contributed by atoms with Gasteiger partial charge in [-0.1, -0.05) is 26.8 Å². The van der Waals surface area contributed by atoms with Gasteiger partial charge in [0, 0.05) is 23.4 Å². The summed E-state index contributed by atoms with van der Waals surface area (Å²) in [5, 5.41) is 5.62. The largest absolute Gasteiger partial charge is 0.494 e. The molecule has 0 saturated carbocycles. The lowest BCUT2D eigenvalue weighted by Crippen LogP contribution is -2.13. The Hall–Kier alpha value is -2.82. The van der Waals surface area contributed by atoms with Gasteiger partial charge in [0.15, 0.2) is 0 Å². The van der Waals surface area contributed by atoms with Gasteiger partial charge in [0.05, 0.1) is 6.61 Å². The van der Waals surface area contributed by atoms with Gasteiger partial charge >= 0.3 is 0 Å². The standard InChI is InChI=1S/C21H26N2O3/c1-4-20(24)22-17-8-10-18(11-9-17)23-21(25)16-6-5-7-19(14-16)26-13-12-15(2)3/h5-11,14-15H,4,12-13H2,1-3H3,(H,22,24)(H,23,25). The third-order valence-electron chi connectivity index (χ3n) is 3.81. The van der Waals surface area contributed by atoms with E-state index in [1.165, 1.54) is 0 Å². The first kappa shape index (κ1) is 19.5. The molecule has 0 bridgehead atoms. The summed E-state index contributed by atoms with van der Waals surface area (Å²) in [7, 11) is 0. The highest BCUT2D eigenvalue weighted by Crippen LogP contribution is 2.18. The smallest absolute Gasteiger partial charge is 0.255 e. The fourth-order valence-electron chi connectivity index (χ4n) is 2.23. The van der Waals surface area contributed by atoms with Crippen molar-refractivity contribution in [2.75, 3.05) is 17.2 Å². The van der Waals surface area contributed by atoms with Gasteiger partial charge in [-0.2, -0.15) is 0 Å². The molecule has 0 heterocycles. The fourth-order valence-corrected chi connectivity index (χ4v) is 2.23. The summed E-state index contributed by atoms with van der Waals surface area (Å²) in [5.41, 5.74) is 1.90. The Bertz CT molecular complexity index is 739. The Morgan fingerprint density at radius 2 is 1.65 bits per heavy atom. The number of ether oxygens (including phenoxy) is 1. The van der Waals surface area contributed by atoms with E-state index in [2.05, 4.69) is 24.5 Å². The van der Waals surface area contributed by atoms with Gasteiger partial charge in [0.1, 0.15) is 5.75 Å². The van der Waals surface area contributed by atoms with Crippen LogP contribution in [0.15, 0.2) is 48.5 Å². The average Bonchev–Trinajstić information content (AvgIpc) is 2.63. The number of carbonyl (C=O) groups excluding carboxylic acids is 2. The van der Waals surface area contributed by atoms with Crippen molar-refractivity contribution in [1.82, 2.24) is 0 Å². The summed E-state index contributed by atoms with van der Waals surface area (Å²) in [6, 6.07) is 14.2. The van der Waals surface area contributed by atoms with Crippen LogP contribution in [0, 0.1) is 5.92 Å². The fraction of sp³-hybridized carbons (Fsp3) is 0.333. The van der Waals surface area contributed by atoms with Crippen LogP contribution in [0.25, 0.3) is 0 Å². The first-order valence-electron chi connectivity index (χ1n) is 8.92. The lowest BCUT2D eigenvalue weighted by Gasteiger charge is -2.10. The zero-order chi connectivity index (χ0) is 18.9. The van der Waals surface area contributed by atoms with Crippen LogP contribution < -0.4 is 15.4 Å². The molecule has 5 nitrogen and oxygen atoms in total. The molecule has 0 aliphatic carbocycles. The second kappa shape index (κ2) is 9.61. The van der Waals surface area contributed by atoms with Crippen LogP contribution in [0.1, 0.15) is 44.0 Å². The second-order valence-corrected chi connectivity index (χ2v) is 6.49. The highest BCUT2D eigenvalue weighted by molar-refractivity contribution is 6.04. The molecule has 2 N–H and O–H groups in total. The van der Waals surface area contributed by atoms with Crippen LogP contribution >= 0.6 is 0 Å². The minimum atomic E-state index is -0.204. The van der Waals surface area contributed by atoms with Crippen molar-refractivity contribution in [3.63, 3.8) is 0 Å². The molecule has 0 unspecified atom stereocenters. The summed E-state index contributed by atoms with van der Waals surface area (Å²) in [6.45, 7) is 6.72. The lowest BCUT2D eigenvalue weighted by molar-refractivity contribution is -0.115. The molecular weight excluding hydrogens is 328 g/mol. The SMILES string of the molecule is CCC(=O)Nc1ccc(NC(=O)c2cccc(OCCC(C)C)c2)cc1. The highest BCUT2D eigenvalue weighted by Gasteiger charge is 2.08. The highest BCUT2D eigenvalue weighted by atomic mass is 16.5. The van der Waals surface area contributed by atoms with Crippen molar-refractivity contribution >= 4 is 23.2 Å². The van der Waals surface area contributed by atoms with Gasteiger partial charge in [-0.25, -0.2) is 0 Å². The molecule has 0 radical (unpaired) electrons. The van der Waals surface area contributed by atoms with Crippen LogP contribution in [0.5, 0.6) is 5.75 Å². The Labute approximate surface area is 154 Å².